The molecule has 1 fully saturated rings. The van der Waals surface area contributed by atoms with Gasteiger partial charge in [-0.3, -0.25) is 14.6 Å². The van der Waals surface area contributed by atoms with Gasteiger partial charge in [-0.2, -0.15) is 5.26 Å². The van der Waals surface area contributed by atoms with Crippen molar-refractivity contribution in [3.63, 3.8) is 0 Å². The molecule has 0 spiro atoms. The van der Waals surface area contributed by atoms with Gasteiger partial charge in [0.05, 0.1) is 25.3 Å². The molecule has 3 rings (SSSR count). The van der Waals surface area contributed by atoms with Crippen LogP contribution in [0.1, 0.15) is 5.56 Å². The zero-order valence-electron chi connectivity index (χ0n) is 16.6. The fraction of sp³-hybridized carbons (Fsp3) is 0.364. The fourth-order valence-electron chi connectivity index (χ4n) is 3.17. The molecule has 1 heterocycles. The van der Waals surface area contributed by atoms with Crippen molar-refractivity contribution in [1.82, 2.24) is 9.80 Å². The van der Waals surface area contributed by atoms with Crippen molar-refractivity contribution in [3.8, 4) is 17.6 Å². The molecule has 1 aliphatic heterocycles. The lowest BCUT2D eigenvalue weighted by Crippen LogP contribution is -2.49. The molecule has 152 valence electrons. The molecule has 0 unspecified atom stereocenters. The number of rotatable bonds is 8. The van der Waals surface area contributed by atoms with Gasteiger partial charge in [0, 0.05) is 38.4 Å². The highest BCUT2D eigenvalue weighted by atomic mass is 16.5. The highest BCUT2D eigenvalue weighted by molar-refractivity contribution is 5.92. The lowest BCUT2D eigenvalue weighted by atomic mass is 10.2. The Kier molecular flexibility index (Phi) is 7.45. The second-order valence-electron chi connectivity index (χ2n) is 6.88. The quantitative estimate of drug-likeness (QED) is 0.740. The van der Waals surface area contributed by atoms with Gasteiger partial charge in [-0.15, -0.1) is 0 Å². The smallest absolute Gasteiger partial charge is 0.238 e. The summed E-state index contributed by atoms with van der Waals surface area (Å²) in [6.07, 6.45) is 0. The first kappa shape index (κ1) is 20.6. The van der Waals surface area contributed by atoms with Gasteiger partial charge in [-0.05, 0) is 48.5 Å². The van der Waals surface area contributed by atoms with Crippen LogP contribution >= 0.6 is 0 Å². The lowest BCUT2D eigenvalue weighted by Gasteiger charge is -2.34. The number of anilines is 1. The van der Waals surface area contributed by atoms with Crippen molar-refractivity contribution >= 4 is 11.6 Å². The topological polar surface area (TPSA) is 77.8 Å². The molecule has 29 heavy (non-hydrogen) atoms. The minimum atomic E-state index is -0.00670. The monoisotopic (exact) mass is 394 g/mol. The molecule has 0 saturated carbocycles. The Morgan fingerprint density at radius 3 is 2.24 bits per heavy atom. The van der Waals surface area contributed by atoms with Crippen LogP contribution < -0.4 is 14.8 Å². The van der Waals surface area contributed by atoms with Crippen LogP contribution in [0.5, 0.6) is 11.5 Å². The van der Waals surface area contributed by atoms with Crippen molar-refractivity contribution in [3.05, 3.63) is 54.1 Å². The summed E-state index contributed by atoms with van der Waals surface area (Å²) in [5, 5.41) is 11.7. The van der Waals surface area contributed by atoms with E-state index in [1.807, 2.05) is 36.4 Å². The maximum Gasteiger partial charge on any atom is 0.238 e. The van der Waals surface area contributed by atoms with Crippen LogP contribution in [0.2, 0.25) is 0 Å². The van der Waals surface area contributed by atoms with Crippen LogP contribution in [0.3, 0.4) is 0 Å². The molecule has 0 bridgehead atoms. The number of nitriles is 1. The predicted octanol–water partition coefficient (Wildman–Crippen LogP) is 2.20. The average Bonchev–Trinajstić information content (AvgIpc) is 2.76. The second-order valence-corrected chi connectivity index (χ2v) is 6.88. The van der Waals surface area contributed by atoms with Crippen molar-refractivity contribution in [2.45, 2.75) is 0 Å². The number of amides is 1. The Morgan fingerprint density at radius 1 is 1.00 bits per heavy atom. The molecular formula is C22H26N4O3. The van der Waals surface area contributed by atoms with E-state index in [0.29, 0.717) is 18.7 Å². The molecule has 1 saturated heterocycles. The first-order valence-electron chi connectivity index (χ1n) is 9.68. The summed E-state index contributed by atoms with van der Waals surface area (Å²) in [7, 11) is 1.62. The van der Waals surface area contributed by atoms with E-state index in [-0.39, 0.29) is 5.91 Å². The van der Waals surface area contributed by atoms with E-state index in [1.54, 1.807) is 19.2 Å². The Hall–Kier alpha value is -3.08. The average molecular weight is 394 g/mol. The lowest BCUT2D eigenvalue weighted by molar-refractivity contribution is -0.117. The standard InChI is InChI=1S/C22H26N4O3/c1-28-20-8-4-19(5-9-20)24-22(27)17-26-12-10-25(11-13-26)14-15-29-21-6-2-18(16-23)3-7-21/h2-9H,10-15,17H2,1H3,(H,24,27). The highest BCUT2D eigenvalue weighted by Crippen LogP contribution is 2.15. The second kappa shape index (κ2) is 10.5. The van der Waals surface area contributed by atoms with Gasteiger partial charge < -0.3 is 14.8 Å². The first-order chi connectivity index (χ1) is 14.2. The first-order valence-corrected chi connectivity index (χ1v) is 9.68. The summed E-state index contributed by atoms with van der Waals surface area (Å²) in [4.78, 5) is 16.8. The molecule has 1 amide bonds. The third-order valence-electron chi connectivity index (χ3n) is 4.87. The molecule has 0 aromatic heterocycles. The van der Waals surface area contributed by atoms with Gasteiger partial charge >= 0.3 is 0 Å². The Balaban J connectivity index is 1.33. The van der Waals surface area contributed by atoms with Crippen LogP contribution in [0.25, 0.3) is 0 Å². The Labute approximate surface area is 171 Å². The summed E-state index contributed by atoms with van der Waals surface area (Å²) < 4.78 is 10.9. The zero-order chi connectivity index (χ0) is 20.5. The highest BCUT2D eigenvalue weighted by Gasteiger charge is 2.18. The number of hydrogen-bond acceptors (Lipinski definition) is 6. The maximum absolute atomic E-state index is 12.3. The van der Waals surface area contributed by atoms with Crippen molar-refractivity contribution in [2.24, 2.45) is 0 Å². The van der Waals surface area contributed by atoms with E-state index in [9.17, 15) is 4.79 Å². The number of hydrogen-bond donors (Lipinski definition) is 1. The summed E-state index contributed by atoms with van der Waals surface area (Å²) in [5.41, 5.74) is 1.40. The van der Waals surface area contributed by atoms with Gasteiger partial charge in [-0.1, -0.05) is 0 Å². The van der Waals surface area contributed by atoms with E-state index in [1.165, 1.54) is 0 Å². The van der Waals surface area contributed by atoms with Crippen LogP contribution in [0, 0.1) is 11.3 Å². The molecular weight excluding hydrogens is 368 g/mol. The van der Waals surface area contributed by atoms with Crippen LogP contribution in [0.15, 0.2) is 48.5 Å². The molecule has 2 aromatic carbocycles. The zero-order valence-corrected chi connectivity index (χ0v) is 16.6. The number of methoxy groups -OCH3 is 1. The number of nitrogens with one attached hydrogen (secondary N) is 1. The van der Waals surface area contributed by atoms with Gasteiger partial charge in [-0.25, -0.2) is 0 Å². The normalized spacial score (nSPS) is 14.8. The van der Waals surface area contributed by atoms with Gasteiger partial charge in [0.1, 0.15) is 18.1 Å². The third-order valence-corrected chi connectivity index (χ3v) is 4.87. The predicted molar refractivity (Wildman–Crippen MR) is 111 cm³/mol. The van der Waals surface area contributed by atoms with E-state index in [0.717, 1.165) is 49.9 Å². The molecule has 0 atom stereocenters. The number of nitrogens with zero attached hydrogens (tertiary/aromatic N) is 3. The van der Waals surface area contributed by atoms with Crippen LogP contribution in [0.4, 0.5) is 5.69 Å². The fourth-order valence-corrected chi connectivity index (χ4v) is 3.17. The van der Waals surface area contributed by atoms with Crippen molar-refractivity contribution < 1.29 is 14.3 Å². The van der Waals surface area contributed by atoms with E-state index in [2.05, 4.69) is 21.2 Å². The molecule has 7 nitrogen and oxygen atoms in total. The largest absolute Gasteiger partial charge is 0.497 e. The number of carbonyl (C=O) groups excluding carboxylic acids is 1. The molecule has 1 N–H and O–H groups in total. The Morgan fingerprint density at radius 2 is 1.62 bits per heavy atom. The van der Waals surface area contributed by atoms with Gasteiger partial charge in [0.15, 0.2) is 0 Å². The minimum Gasteiger partial charge on any atom is -0.497 e. The van der Waals surface area contributed by atoms with Crippen LogP contribution in [-0.4, -0.2) is 68.7 Å². The summed E-state index contributed by atoms with van der Waals surface area (Å²) in [5.74, 6) is 1.54. The number of benzene rings is 2. The summed E-state index contributed by atoms with van der Waals surface area (Å²) >= 11 is 0. The molecule has 0 aliphatic carbocycles. The Bertz CT molecular complexity index is 823. The SMILES string of the molecule is COc1ccc(NC(=O)CN2CCN(CCOc3ccc(C#N)cc3)CC2)cc1. The molecule has 1 aliphatic rings. The van der Waals surface area contributed by atoms with E-state index >= 15 is 0 Å². The number of piperazine rings is 1. The molecule has 7 heteroatoms. The number of ether oxygens (including phenoxy) is 2. The van der Waals surface area contributed by atoms with Gasteiger partial charge in [0.25, 0.3) is 0 Å². The van der Waals surface area contributed by atoms with E-state index in [4.69, 9.17) is 14.7 Å². The van der Waals surface area contributed by atoms with Crippen molar-refractivity contribution in [2.75, 3.05) is 58.3 Å². The van der Waals surface area contributed by atoms with E-state index < -0.39 is 0 Å². The summed E-state index contributed by atoms with van der Waals surface area (Å²) in [6.45, 7) is 5.36. The minimum absolute atomic E-state index is 0.00670. The third kappa shape index (κ3) is 6.49. The van der Waals surface area contributed by atoms with Crippen LogP contribution in [-0.2, 0) is 4.79 Å². The molecule has 2 aromatic rings. The van der Waals surface area contributed by atoms with Crippen molar-refractivity contribution in [1.29, 1.82) is 5.26 Å². The maximum atomic E-state index is 12.3. The number of carbonyl (C=O) groups is 1. The molecule has 0 radical (unpaired) electrons. The summed E-state index contributed by atoms with van der Waals surface area (Å²) in [6, 6.07) is 16.6. The van der Waals surface area contributed by atoms with Gasteiger partial charge in [0.2, 0.25) is 5.91 Å².